The highest BCUT2D eigenvalue weighted by molar-refractivity contribution is 9.11. The summed E-state index contributed by atoms with van der Waals surface area (Å²) in [4.78, 5) is 4.29. The quantitative estimate of drug-likeness (QED) is 0.904. The first-order valence-corrected chi connectivity index (χ1v) is 6.91. The van der Waals surface area contributed by atoms with Gasteiger partial charge in [0.1, 0.15) is 5.82 Å². The van der Waals surface area contributed by atoms with Crippen LogP contribution in [0.5, 0.6) is 0 Å². The second-order valence-electron chi connectivity index (χ2n) is 3.73. The number of nitrogens with one attached hydrogen (secondary N) is 1. The zero-order valence-electron chi connectivity index (χ0n) is 9.45. The Hall–Kier alpha value is -0.810. The van der Waals surface area contributed by atoms with Gasteiger partial charge in [-0.15, -0.1) is 0 Å². The second kappa shape index (κ2) is 5.69. The minimum Gasteiger partial charge on any atom is -0.383 e. The molecule has 0 unspecified atom stereocenters. The predicted molar refractivity (Wildman–Crippen MR) is 77.2 cm³/mol. The van der Waals surface area contributed by atoms with Gasteiger partial charge in [-0.1, -0.05) is 6.07 Å². The van der Waals surface area contributed by atoms with E-state index in [4.69, 9.17) is 0 Å². The summed E-state index contributed by atoms with van der Waals surface area (Å²) in [6.07, 6.45) is 4.69. The lowest BCUT2D eigenvalue weighted by Gasteiger charge is -2.10. The molecule has 0 aliphatic heterocycles. The van der Waals surface area contributed by atoms with Crippen LogP contribution in [0.2, 0.25) is 0 Å². The number of para-hydroxylation sites is 1. The number of aryl methyl sites for hydroxylation is 1. The van der Waals surface area contributed by atoms with Crippen molar-refractivity contribution in [3.63, 3.8) is 0 Å². The van der Waals surface area contributed by atoms with Crippen molar-refractivity contribution in [3.8, 4) is 0 Å². The highest BCUT2D eigenvalue weighted by Crippen LogP contribution is 2.30. The van der Waals surface area contributed by atoms with Crippen molar-refractivity contribution in [1.82, 2.24) is 9.55 Å². The van der Waals surface area contributed by atoms with Gasteiger partial charge in [-0.3, -0.25) is 0 Å². The van der Waals surface area contributed by atoms with Crippen LogP contribution in [0.1, 0.15) is 5.82 Å². The van der Waals surface area contributed by atoms with Gasteiger partial charge in [0.05, 0.1) is 5.69 Å². The monoisotopic (exact) mass is 357 g/mol. The molecule has 2 rings (SSSR count). The third-order valence-corrected chi connectivity index (χ3v) is 3.86. The standard InChI is InChI=1S/C12H13Br2N3/c1-17-8-7-15-11(17)5-6-16-12-9(13)3-2-4-10(12)14/h2-4,7-8,16H,5-6H2,1H3. The summed E-state index contributed by atoms with van der Waals surface area (Å²) in [5, 5.41) is 3.40. The third-order valence-electron chi connectivity index (χ3n) is 2.53. The average molecular weight is 359 g/mol. The van der Waals surface area contributed by atoms with E-state index >= 15 is 0 Å². The molecule has 3 nitrogen and oxygen atoms in total. The number of anilines is 1. The third kappa shape index (κ3) is 3.10. The van der Waals surface area contributed by atoms with E-state index in [1.165, 1.54) is 0 Å². The highest BCUT2D eigenvalue weighted by atomic mass is 79.9. The van der Waals surface area contributed by atoms with E-state index in [1.807, 2.05) is 42.2 Å². The van der Waals surface area contributed by atoms with E-state index in [0.29, 0.717) is 0 Å². The van der Waals surface area contributed by atoms with Crippen molar-refractivity contribution in [1.29, 1.82) is 0 Å². The Labute approximate surface area is 118 Å². The van der Waals surface area contributed by atoms with Gasteiger partial charge in [0.15, 0.2) is 0 Å². The minimum absolute atomic E-state index is 0.853. The normalized spacial score (nSPS) is 10.5. The molecule has 1 aromatic carbocycles. The van der Waals surface area contributed by atoms with E-state index in [-0.39, 0.29) is 0 Å². The summed E-state index contributed by atoms with van der Waals surface area (Å²) in [5.74, 6) is 1.08. The summed E-state index contributed by atoms with van der Waals surface area (Å²) in [5.41, 5.74) is 1.08. The number of nitrogens with zero attached hydrogens (tertiary/aromatic N) is 2. The molecule has 0 aliphatic rings. The smallest absolute Gasteiger partial charge is 0.110 e. The fourth-order valence-corrected chi connectivity index (χ4v) is 2.88. The molecule has 5 heteroatoms. The molecule has 17 heavy (non-hydrogen) atoms. The number of halogens is 2. The number of aromatic nitrogens is 2. The highest BCUT2D eigenvalue weighted by Gasteiger charge is 2.04. The summed E-state index contributed by atoms with van der Waals surface area (Å²) in [6, 6.07) is 6.04. The molecular weight excluding hydrogens is 346 g/mol. The largest absolute Gasteiger partial charge is 0.383 e. The van der Waals surface area contributed by atoms with Crippen LogP contribution in [0.25, 0.3) is 0 Å². The molecule has 2 aromatic rings. The van der Waals surface area contributed by atoms with Gasteiger partial charge in [-0.2, -0.15) is 0 Å². The molecule has 0 spiro atoms. The number of hydrogen-bond donors (Lipinski definition) is 1. The van der Waals surface area contributed by atoms with Crippen molar-refractivity contribution >= 4 is 37.5 Å². The van der Waals surface area contributed by atoms with Crippen LogP contribution < -0.4 is 5.32 Å². The van der Waals surface area contributed by atoms with Gasteiger partial charge in [-0.05, 0) is 44.0 Å². The number of benzene rings is 1. The average Bonchev–Trinajstić information content (AvgIpc) is 2.69. The number of hydrogen-bond acceptors (Lipinski definition) is 2. The molecule has 1 heterocycles. The molecule has 0 saturated heterocycles. The zero-order valence-corrected chi connectivity index (χ0v) is 12.6. The van der Waals surface area contributed by atoms with Crippen LogP contribution in [-0.2, 0) is 13.5 Å². The Balaban J connectivity index is 1.97. The summed E-state index contributed by atoms with van der Waals surface area (Å²) in [6.45, 7) is 0.853. The van der Waals surface area contributed by atoms with Crippen LogP contribution in [0.4, 0.5) is 5.69 Å². The molecule has 0 fully saturated rings. The van der Waals surface area contributed by atoms with E-state index < -0.39 is 0 Å². The fraction of sp³-hybridized carbons (Fsp3) is 0.250. The Kier molecular flexibility index (Phi) is 4.23. The van der Waals surface area contributed by atoms with Crippen molar-refractivity contribution in [2.45, 2.75) is 6.42 Å². The number of imidazole rings is 1. The molecule has 0 amide bonds. The molecule has 0 aliphatic carbocycles. The van der Waals surface area contributed by atoms with Crippen molar-refractivity contribution in [3.05, 3.63) is 45.4 Å². The van der Waals surface area contributed by atoms with Gasteiger partial charge in [0, 0.05) is 41.4 Å². The minimum atomic E-state index is 0.853. The molecule has 1 N–H and O–H groups in total. The molecule has 0 atom stereocenters. The Bertz CT molecular complexity index is 488. The maximum atomic E-state index is 4.29. The fourth-order valence-electron chi connectivity index (χ4n) is 1.60. The van der Waals surface area contributed by atoms with Gasteiger partial charge in [0.25, 0.3) is 0 Å². The number of rotatable bonds is 4. The van der Waals surface area contributed by atoms with Gasteiger partial charge < -0.3 is 9.88 Å². The first kappa shape index (κ1) is 12.6. The topological polar surface area (TPSA) is 29.9 Å². The Morgan fingerprint density at radius 3 is 2.59 bits per heavy atom. The summed E-state index contributed by atoms with van der Waals surface area (Å²) in [7, 11) is 2.01. The van der Waals surface area contributed by atoms with Crippen molar-refractivity contribution in [2.24, 2.45) is 7.05 Å². The molecule has 90 valence electrons. The SMILES string of the molecule is Cn1ccnc1CCNc1c(Br)cccc1Br. The molecule has 0 saturated carbocycles. The van der Waals surface area contributed by atoms with E-state index in [2.05, 4.69) is 42.2 Å². The lowest BCUT2D eigenvalue weighted by atomic mass is 10.3. The van der Waals surface area contributed by atoms with E-state index in [0.717, 1.165) is 33.4 Å². The lowest BCUT2D eigenvalue weighted by molar-refractivity contribution is 0.789. The van der Waals surface area contributed by atoms with Crippen LogP contribution >= 0.6 is 31.9 Å². The summed E-state index contributed by atoms with van der Waals surface area (Å²) < 4.78 is 4.16. The van der Waals surface area contributed by atoms with Gasteiger partial charge in [0.2, 0.25) is 0 Å². The first-order chi connectivity index (χ1) is 8.18. The van der Waals surface area contributed by atoms with Crippen molar-refractivity contribution < 1.29 is 0 Å². The predicted octanol–water partition coefficient (Wildman–Crippen LogP) is 3.60. The molecular formula is C12H13Br2N3. The lowest BCUT2D eigenvalue weighted by Crippen LogP contribution is -2.09. The van der Waals surface area contributed by atoms with Gasteiger partial charge >= 0.3 is 0 Å². The van der Waals surface area contributed by atoms with E-state index in [1.54, 1.807) is 0 Å². The van der Waals surface area contributed by atoms with Crippen LogP contribution in [0, 0.1) is 0 Å². The maximum Gasteiger partial charge on any atom is 0.110 e. The maximum absolute atomic E-state index is 4.29. The van der Waals surface area contributed by atoms with E-state index in [9.17, 15) is 0 Å². The van der Waals surface area contributed by atoms with Gasteiger partial charge in [-0.25, -0.2) is 4.98 Å². The summed E-state index contributed by atoms with van der Waals surface area (Å²) >= 11 is 7.05. The first-order valence-electron chi connectivity index (χ1n) is 5.32. The molecule has 1 aromatic heterocycles. The molecule has 0 radical (unpaired) electrons. The van der Waals surface area contributed by atoms with Crippen LogP contribution in [-0.4, -0.2) is 16.1 Å². The Morgan fingerprint density at radius 1 is 1.29 bits per heavy atom. The van der Waals surface area contributed by atoms with Crippen LogP contribution in [0.15, 0.2) is 39.5 Å². The second-order valence-corrected chi connectivity index (χ2v) is 5.44. The van der Waals surface area contributed by atoms with Crippen molar-refractivity contribution in [2.75, 3.05) is 11.9 Å². The van der Waals surface area contributed by atoms with Crippen LogP contribution in [0.3, 0.4) is 0 Å². The Morgan fingerprint density at radius 2 is 2.00 bits per heavy atom. The zero-order chi connectivity index (χ0) is 12.3. The molecule has 0 bridgehead atoms.